The van der Waals surface area contributed by atoms with E-state index in [1.165, 1.54) is 14.7 Å². The molecule has 0 aliphatic carbocycles. The highest BCUT2D eigenvalue weighted by atomic mass is 16.8. The number of hydrogen-bond donors (Lipinski definition) is 1. The Balaban J connectivity index is 0.000000303. The third-order valence-electron chi connectivity index (χ3n) is 12.9. The van der Waals surface area contributed by atoms with Gasteiger partial charge in [0.05, 0.1) is 14.2 Å². The van der Waals surface area contributed by atoms with Crippen LogP contribution in [0.3, 0.4) is 0 Å². The van der Waals surface area contributed by atoms with Crippen LogP contribution in [0, 0.1) is 13.8 Å². The first-order valence-electron chi connectivity index (χ1n) is 28.4. The Morgan fingerprint density at radius 2 is 0.690 bits per heavy atom. The number of benzene rings is 4. The zero-order chi connectivity index (χ0) is 62.8. The lowest BCUT2D eigenvalue weighted by molar-refractivity contribution is -0.180. The van der Waals surface area contributed by atoms with Crippen LogP contribution in [0.5, 0.6) is 11.5 Å². The van der Waals surface area contributed by atoms with Gasteiger partial charge in [-0.15, -0.1) is 0 Å². The summed E-state index contributed by atoms with van der Waals surface area (Å²) in [5, 5.41) is 3.70. The maximum atomic E-state index is 13.0. The molecular formula is C63H87N7O17. The molecule has 4 aromatic carbocycles. The number of nitrogens with one attached hydrogen (secondary N) is 1. The van der Waals surface area contributed by atoms with Crippen molar-refractivity contribution in [3.8, 4) is 11.5 Å². The summed E-state index contributed by atoms with van der Waals surface area (Å²) in [6.45, 7) is 19.4. The Morgan fingerprint density at radius 3 is 0.977 bits per heavy atom. The fraction of sp³-hybridized carbons (Fsp3) is 0.492. The number of amides is 7. The van der Waals surface area contributed by atoms with Crippen LogP contribution in [-0.2, 0) is 69.3 Å². The third kappa shape index (κ3) is 25.8. The Hall–Kier alpha value is -8.80. The lowest BCUT2D eigenvalue weighted by atomic mass is 10.2. The summed E-state index contributed by atoms with van der Waals surface area (Å²) >= 11 is 0. The molecule has 476 valence electrons. The monoisotopic (exact) mass is 1210 g/mol. The van der Waals surface area contributed by atoms with Crippen LogP contribution in [0.2, 0.25) is 0 Å². The lowest BCUT2D eigenvalue weighted by Crippen LogP contribution is -2.44. The van der Waals surface area contributed by atoms with E-state index in [-0.39, 0.29) is 92.1 Å². The number of imide groups is 1. The van der Waals surface area contributed by atoms with Gasteiger partial charge in [0.15, 0.2) is 0 Å². The van der Waals surface area contributed by atoms with Crippen LogP contribution in [0.15, 0.2) is 97.1 Å². The average molecular weight is 1210 g/mol. The molecule has 1 N–H and O–H groups in total. The quantitative estimate of drug-likeness (QED) is 0.0833. The van der Waals surface area contributed by atoms with E-state index < -0.39 is 53.5 Å². The van der Waals surface area contributed by atoms with Crippen molar-refractivity contribution in [2.75, 3.05) is 92.8 Å². The van der Waals surface area contributed by atoms with Crippen molar-refractivity contribution < 1.29 is 81.1 Å². The van der Waals surface area contributed by atoms with E-state index in [2.05, 4.69) is 10.2 Å². The van der Waals surface area contributed by atoms with Gasteiger partial charge in [0.25, 0.3) is 11.8 Å². The topological polar surface area (TPSA) is 251 Å². The average Bonchev–Trinajstić information content (AvgIpc) is 4.02. The molecule has 0 saturated carbocycles. The molecule has 7 rings (SSSR count). The zero-order valence-electron chi connectivity index (χ0n) is 51.1. The highest BCUT2D eigenvalue weighted by molar-refractivity contribution is 6.01. The van der Waals surface area contributed by atoms with Crippen molar-refractivity contribution in [3.05, 3.63) is 130 Å². The Labute approximate surface area is 510 Å². The second-order valence-corrected chi connectivity index (χ2v) is 22.2. The second kappa shape index (κ2) is 35.0. The summed E-state index contributed by atoms with van der Waals surface area (Å²) in [6, 6.07) is 30.2. The molecule has 0 aromatic heterocycles. The number of carbonyl (C=O) groups excluding carboxylic acids is 8. The number of rotatable bonds is 11. The Kier molecular flexibility index (Phi) is 28.4. The standard InChI is InChI=1S/C29H39N3O7.C24H31N3O5.C9H13NO5.CH4/c1-22-6-8-23(9-7-22)20-37-26(33)30-14-15-31(17-19-32(18-16-30)28(35)39-29(2,3)4)27(34)38-21-24-10-12-25(36-5)13-11-24;1-19-3-5-20(6-4-19)17-31-23(28)26-13-11-25-12-14-27(16-15-26)24(29)32-18-21-7-9-22(30-2)10-8-21;1-9(2,3)14-8(13)15-10-6(11)4-5-7(10)12;/h6-13H,14-21H2,1-5H3;3-10,25H,11-18H2,1-2H3;4-5H2,1-3H3;1H4. The van der Waals surface area contributed by atoms with Crippen LogP contribution in [-0.4, -0.2) is 182 Å². The van der Waals surface area contributed by atoms with E-state index in [1.54, 1.807) is 77.7 Å². The molecule has 7 amide bonds. The Bertz CT molecular complexity index is 2830. The fourth-order valence-electron chi connectivity index (χ4n) is 8.08. The minimum Gasteiger partial charge on any atom is -0.497 e. The highest BCUT2D eigenvalue weighted by Gasteiger charge is 2.35. The van der Waals surface area contributed by atoms with E-state index in [0.717, 1.165) is 39.1 Å². The molecule has 3 heterocycles. The first kappa shape index (κ1) is 70.7. The van der Waals surface area contributed by atoms with Gasteiger partial charge < -0.3 is 67.7 Å². The molecule has 4 aromatic rings. The third-order valence-corrected chi connectivity index (χ3v) is 12.9. The van der Waals surface area contributed by atoms with E-state index in [0.29, 0.717) is 50.1 Å². The van der Waals surface area contributed by atoms with Gasteiger partial charge in [-0.25, -0.2) is 28.8 Å². The van der Waals surface area contributed by atoms with E-state index in [4.69, 9.17) is 37.9 Å². The molecule has 0 atom stereocenters. The molecule has 0 bridgehead atoms. The van der Waals surface area contributed by atoms with Gasteiger partial charge in [0.2, 0.25) is 0 Å². The zero-order valence-corrected chi connectivity index (χ0v) is 51.1. The second-order valence-electron chi connectivity index (χ2n) is 22.2. The number of aryl methyl sites for hydroxylation is 2. The molecule has 0 radical (unpaired) electrons. The molecule has 0 unspecified atom stereocenters. The Morgan fingerprint density at radius 1 is 0.414 bits per heavy atom. The molecule has 3 aliphatic heterocycles. The molecule has 3 aliphatic rings. The summed E-state index contributed by atoms with van der Waals surface area (Å²) in [4.78, 5) is 109. The first-order chi connectivity index (χ1) is 40.9. The van der Waals surface area contributed by atoms with Crippen molar-refractivity contribution >= 4 is 48.4 Å². The van der Waals surface area contributed by atoms with Gasteiger partial charge in [-0.3, -0.25) is 14.4 Å². The van der Waals surface area contributed by atoms with Crippen LogP contribution < -0.4 is 14.8 Å². The van der Waals surface area contributed by atoms with Crippen molar-refractivity contribution in [2.24, 2.45) is 0 Å². The fourth-order valence-corrected chi connectivity index (χ4v) is 8.08. The van der Waals surface area contributed by atoms with Crippen LogP contribution in [0.4, 0.5) is 28.8 Å². The van der Waals surface area contributed by atoms with Crippen molar-refractivity contribution in [1.29, 1.82) is 0 Å². The maximum Gasteiger partial charge on any atom is 0.534 e. The number of ether oxygens (including phenoxy) is 8. The normalized spacial score (nSPS) is 14.8. The predicted octanol–water partition coefficient (Wildman–Crippen LogP) is 9.65. The van der Waals surface area contributed by atoms with Gasteiger partial charge in [0, 0.05) is 91.4 Å². The van der Waals surface area contributed by atoms with Crippen LogP contribution in [0.1, 0.15) is 95.2 Å². The molecule has 87 heavy (non-hydrogen) atoms. The van der Waals surface area contributed by atoms with Gasteiger partial charge in [-0.1, -0.05) is 96.4 Å². The number of hydrogen-bond acceptors (Lipinski definition) is 18. The molecular weight excluding hydrogens is 1130 g/mol. The molecule has 24 heteroatoms. The summed E-state index contributed by atoms with van der Waals surface area (Å²) in [6.07, 6.45) is -3.27. The van der Waals surface area contributed by atoms with E-state index >= 15 is 0 Å². The maximum absolute atomic E-state index is 13.0. The minimum atomic E-state index is -1.05. The SMILES string of the molecule is C.CC(C)(C)OC(=O)ON1C(=O)CCC1=O.COc1ccc(COC(=O)N2CCN(C(=O)OCc3ccc(C)cc3)CCN(C(=O)OC(C)(C)C)CC2)cc1.COc1ccc(COC(=O)N2CCNCCN(C(=O)OCc3ccc(C)cc3)CC2)cc1. The van der Waals surface area contributed by atoms with Crippen molar-refractivity contribution in [3.63, 3.8) is 0 Å². The molecule has 0 spiro atoms. The number of carbonyl (C=O) groups is 8. The molecule has 3 fully saturated rings. The summed E-state index contributed by atoms with van der Waals surface area (Å²) in [5.41, 5.74) is 4.37. The summed E-state index contributed by atoms with van der Waals surface area (Å²) in [5.74, 6) is 0.416. The van der Waals surface area contributed by atoms with E-state index in [1.807, 2.05) is 98.8 Å². The molecule has 24 nitrogen and oxygen atoms in total. The molecule has 3 saturated heterocycles. The van der Waals surface area contributed by atoms with Crippen LogP contribution >= 0.6 is 0 Å². The largest absolute Gasteiger partial charge is 0.534 e. The van der Waals surface area contributed by atoms with Crippen molar-refractivity contribution in [2.45, 2.75) is 113 Å². The van der Waals surface area contributed by atoms with Gasteiger partial charge in [-0.2, -0.15) is 0 Å². The highest BCUT2D eigenvalue weighted by Crippen LogP contribution is 2.19. The van der Waals surface area contributed by atoms with E-state index in [9.17, 15) is 38.4 Å². The van der Waals surface area contributed by atoms with Gasteiger partial charge >= 0.3 is 36.6 Å². The predicted molar refractivity (Wildman–Crippen MR) is 321 cm³/mol. The number of nitrogens with zero attached hydrogens (tertiary/aromatic N) is 6. The number of hydroxylamine groups is 2. The smallest absolute Gasteiger partial charge is 0.497 e. The lowest BCUT2D eigenvalue weighted by Gasteiger charge is -2.28. The van der Waals surface area contributed by atoms with Crippen LogP contribution in [0.25, 0.3) is 0 Å². The summed E-state index contributed by atoms with van der Waals surface area (Å²) < 4.78 is 42.7. The number of methoxy groups -OCH3 is 2. The minimum absolute atomic E-state index is 0. The summed E-state index contributed by atoms with van der Waals surface area (Å²) in [7, 11) is 3.19. The van der Waals surface area contributed by atoms with Gasteiger partial charge in [0.1, 0.15) is 49.1 Å². The van der Waals surface area contributed by atoms with Crippen molar-refractivity contribution in [1.82, 2.24) is 34.9 Å². The first-order valence-corrected chi connectivity index (χ1v) is 28.4. The van der Waals surface area contributed by atoms with Gasteiger partial charge in [-0.05, 0) is 102 Å².